The molecular formula is C21H27NO3S2. The summed E-state index contributed by atoms with van der Waals surface area (Å²) in [5.74, 6) is 1.29. The topological polar surface area (TPSA) is 56.3 Å². The summed E-state index contributed by atoms with van der Waals surface area (Å²) >= 11 is 1.73. The highest BCUT2D eigenvalue weighted by Gasteiger charge is 2.25. The van der Waals surface area contributed by atoms with Crippen molar-refractivity contribution in [2.24, 2.45) is 0 Å². The molecule has 0 atom stereocenters. The standard InChI is InChI=1S/C21H27NO3S2/c1-27(23,24)18-13-11-15(12-14-18)19-20(25-17-9-5-6-10-17)22-21(26-19)16-7-3-2-4-8-16/h11-14,16-17H,2-10H2,1H3. The van der Waals surface area contributed by atoms with Crippen LogP contribution in [0.1, 0.15) is 68.7 Å². The minimum absolute atomic E-state index is 0.264. The molecule has 0 radical (unpaired) electrons. The molecule has 2 aliphatic rings. The maximum absolute atomic E-state index is 11.8. The Morgan fingerprint density at radius 3 is 2.22 bits per heavy atom. The maximum Gasteiger partial charge on any atom is 0.233 e. The summed E-state index contributed by atoms with van der Waals surface area (Å²) in [5, 5.41) is 1.19. The van der Waals surface area contributed by atoms with Gasteiger partial charge in [-0.2, -0.15) is 0 Å². The van der Waals surface area contributed by atoms with Crippen LogP contribution in [0.4, 0.5) is 0 Å². The predicted molar refractivity (Wildman–Crippen MR) is 109 cm³/mol. The molecule has 2 saturated carbocycles. The van der Waals surface area contributed by atoms with Crippen LogP contribution in [0.15, 0.2) is 29.2 Å². The molecule has 0 unspecified atom stereocenters. The van der Waals surface area contributed by atoms with Crippen LogP contribution in [0.3, 0.4) is 0 Å². The van der Waals surface area contributed by atoms with Crippen LogP contribution in [0, 0.1) is 0 Å². The zero-order valence-electron chi connectivity index (χ0n) is 15.8. The maximum atomic E-state index is 11.8. The fraction of sp³-hybridized carbons (Fsp3) is 0.571. The van der Waals surface area contributed by atoms with Gasteiger partial charge in [-0.1, -0.05) is 31.4 Å². The number of hydrogen-bond donors (Lipinski definition) is 0. The van der Waals surface area contributed by atoms with E-state index in [4.69, 9.17) is 9.72 Å². The molecule has 146 valence electrons. The molecule has 0 spiro atoms. The van der Waals surface area contributed by atoms with E-state index in [2.05, 4.69) is 0 Å². The molecule has 4 nitrogen and oxygen atoms in total. The van der Waals surface area contributed by atoms with E-state index in [9.17, 15) is 8.42 Å². The van der Waals surface area contributed by atoms with Crippen molar-refractivity contribution in [3.05, 3.63) is 29.3 Å². The Bertz CT molecular complexity index is 875. The minimum Gasteiger partial charge on any atom is -0.473 e. The first kappa shape index (κ1) is 18.9. The Morgan fingerprint density at radius 1 is 0.963 bits per heavy atom. The van der Waals surface area contributed by atoms with Gasteiger partial charge in [-0.3, -0.25) is 0 Å². The molecular weight excluding hydrogens is 378 g/mol. The molecule has 2 aromatic rings. The highest BCUT2D eigenvalue weighted by Crippen LogP contribution is 2.43. The van der Waals surface area contributed by atoms with Gasteiger partial charge in [-0.15, -0.1) is 11.3 Å². The molecule has 0 bridgehead atoms. The molecule has 6 heteroatoms. The van der Waals surface area contributed by atoms with E-state index in [1.165, 1.54) is 56.2 Å². The van der Waals surface area contributed by atoms with E-state index < -0.39 is 9.84 Å². The third-order valence-corrected chi connectivity index (χ3v) is 8.07. The number of aromatic nitrogens is 1. The summed E-state index contributed by atoms with van der Waals surface area (Å²) in [6, 6.07) is 7.14. The largest absolute Gasteiger partial charge is 0.473 e. The van der Waals surface area contributed by atoms with Crippen LogP contribution in [0.2, 0.25) is 0 Å². The fourth-order valence-electron chi connectivity index (χ4n) is 4.13. The Morgan fingerprint density at radius 2 is 1.59 bits per heavy atom. The van der Waals surface area contributed by atoms with Gasteiger partial charge in [0.1, 0.15) is 11.1 Å². The van der Waals surface area contributed by atoms with Crippen molar-refractivity contribution in [3.63, 3.8) is 0 Å². The number of sulfone groups is 1. The number of benzene rings is 1. The lowest BCUT2D eigenvalue weighted by molar-refractivity contribution is 0.203. The number of rotatable bonds is 5. The molecule has 2 fully saturated rings. The van der Waals surface area contributed by atoms with Crippen LogP contribution >= 0.6 is 11.3 Å². The molecule has 0 amide bonds. The average molecular weight is 406 g/mol. The van der Waals surface area contributed by atoms with Crippen LogP contribution < -0.4 is 4.74 Å². The first-order valence-electron chi connectivity index (χ1n) is 9.98. The summed E-state index contributed by atoms with van der Waals surface area (Å²) in [7, 11) is -3.19. The Balaban J connectivity index is 1.67. The summed E-state index contributed by atoms with van der Waals surface area (Å²) in [5.41, 5.74) is 0.995. The van der Waals surface area contributed by atoms with E-state index in [1.807, 2.05) is 12.1 Å². The zero-order valence-corrected chi connectivity index (χ0v) is 17.4. The monoisotopic (exact) mass is 405 g/mol. The highest BCUT2D eigenvalue weighted by molar-refractivity contribution is 7.90. The van der Waals surface area contributed by atoms with Gasteiger partial charge in [-0.25, -0.2) is 13.4 Å². The third-order valence-electron chi connectivity index (χ3n) is 5.69. The summed E-state index contributed by atoms with van der Waals surface area (Å²) in [6.45, 7) is 0. The molecule has 0 N–H and O–H groups in total. The first-order chi connectivity index (χ1) is 13.0. The van der Waals surface area contributed by atoms with Gasteiger partial charge in [-0.05, 0) is 56.2 Å². The summed E-state index contributed by atoms with van der Waals surface area (Å²) < 4.78 is 29.8. The molecule has 4 rings (SSSR count). The Labute approximate surface area is 165 Å². The van der Waals surface area contributed by atoms with E-state index in [-0.39, 0.29) is 6.10 Å². The average Bonchev–Trinajstić information content (AvgIpc) is 3.32. The van der Waals surface area contributed by atoms with Gasteiger partial charge in [0.25, 0.3) is 0 Å². The van der Waals surface area contributed by atoms with Crippen molar-refractivity contribution in [1.82, 2.24) is 4.98 Å². The fourth-order valence-corrected chi connectivity index (χ4v) is 5.93. The summed E-state index contributed by atoms with van der Waals surface area (Å²) in [4.78, 5) is 6.32. The molecule has 1 aromatic heterocycles. The molecule has 1 aromatic carbocycles. The predicted octanol–water partition coefficient (Wildman–Crippen LogP) is 5.58. The van der Waals surface area contributed by atoms with Crippen molar-refractivity contribution >= 4 is 21.2 Å². The molecule has 27 heavy (non-hydrogen) atoms. The number of thiazole rings is 1. The van der Waals surface area contributed by atoms with Crippen molar-refractivity contribution in [2.75, 3.05) is 6.26 Å². The van der Waals surface area contributed by atoms with Crippen LogP contribution in [0.5, 0.6) is 5.88 Å². The summed E-state index contributed by atoms with van der Waals surface area (Å²) in [6.07, 6.45) is 12.5. The molecule has 0 saturated heterocycles. The van der Waals surface area contributed by atoms with E-state index >= 15 is 0 Å². The van der Waals surface area contributed by atoms with E-state index in [0.29, 0.717) is 10.8 Å². The second kappa shape index (κ2) is 7.92. The van der Waals surface area contributed by atoms with Crippen LogP contribution in [-0.4, -0.2) is 25.8 Å². The van der Waals surface area contributed by atoms with E-state index in [0.717, 1.165) is 29.2 Å². The van der Waals surface area contributed by atoms with Crippen LogP contribution in [-0.2, 0) is 9.84 Å². The molecule has 1 heterocycles. The number of hydrogen-bond acceptors (Lipinski definition) is 5. The second-order valence-electron chi connectivity index (χ2n) is 7.84. The lowest BCUT2D eigenvalue weighted by Crippen LogP contribution is -2.12. The van der Waals surface area contributed by atoms with Gasteiger partial charge in [0.05, 0.1) is 9.77 Å². The lowest BCUT2D eigenvalue weighted by atomic mass is 9.90. The second-order valence-corrected chi connectivity index (χ2v) is 10.9. The van der Waals surface area contributed by atoms with Crippen molar-refractivity contribution in [1.29, 1.82) is 0 Å². The molecule has 0 aliphatic heterocycles. The zero-order chi connectivity index (χ0) is 18.9. The van der Waals surface area contributed by atoms with Gasteiger partial charge >= 0.3 is 0 Å². The van der Waals surface area contributed by atoms with Gasteiger partial charge < -0.3 is 4.74 Å². The molecule has 2 aliphatic carbocycles. The van der Waals surface area contributed by atoms with Gasteiger partial charge in [0.2, 0.25) is 5.88 Å². The SMILES string of the molecule is CS(=O)(=O)c1ccc(-c2sc(C3CCCCC3)nc2OC2CCCC2)cc1. The highest BCUT2D eigenvalue weighted by atomic mass is 32.2. The quantitative estimate of drug-likeness (QED) is 0.651. The van der Waals surface area contributed by atoms with E-state index in [1.54, 1.807) is 23.5 Å². The third kappa shape index (κ3) is 4.37. The number of nitrogens with zero attached hydrogens (tertiary/aromatic N) is 1. The minimum atomic E-state index is -3.19. The Hall–Kier alpha value is -1.40. The van der Waals surface area contributed by atoms with Crippen molar-refractivity contribution in [3.8, 4) is 16.3 Å². The number of ether oxygens (including phenoxy) is 1. The first-order valence-corrected chi connectivity index (χ1v) is 12.7. The van der Waals surface area contributed by atoms with Crippen LogP contribution in [0.25, 0.3) is 10.4 Å². The smallest absolute Gasteiger partial charge is 0.233 e. The lowest BCUT2D eigenvalue weighted by Gasteiger charge is -2.18. The normalized spacial score (nSPS) is 19.4. The Kier molecular flexibility index (Phi) is 5.55. The van der Waals surface area contributed by atoms with Crippen molar-refractivity contribution < 1.29 is 13.2 Å². The van der Waals surface area contributed by atoms with Crippen molar-refractivity contribution in [2.45, 2.75) is 74.7 Å². The van der Waals surface area contributed by atoms with Gasteiger partial charge in [0.15, 0.2) is 9.84 Å². The van der Waals surface area contributed by atoms with Gasteiger partial charge in [0, 0.05) is 12.2 Å².